The first-order chi connectivity index (χ1) is 10.7. The van der Waals surface area contributed by atoms with Crippen molar-refractivity contribution in [2.75, 3.05) is 7.11 Å². The number of nitrogens with one attached hydrogen (secondary N) is 1. The number of fused-ring (bicyclic) bond motifs is 1. The Morgan fingerprint density at radius 1 is 1.27 bits per heavy atom. The van der Waals surface area contributed by atoms with Crippen LogP contribution in [0.1, 0.15) is 11.4 Å². The molecule has 3 rings (SSSR count). The van der Waals surface area contributed by atoms with Crippen LogP contribution in [-0.4, -0.2) is 22.2 Å². The summed E-state index contributed by atoms with van der Waals surface area (Å²) in [5.74, 6) is 0.815. The molecular weight excluding hydrogens is 278 g/mol. The molecule has 5 nitrogen and oxygen atoms in total. The number of methoxy groups -OCH3 is 1. The Morgan fingerprint density at radius 2 is 2.09 bits per heavy atom. The van der Waals surface area contributed by atoms with Crippen molar-refractivity contribution in [2.45, 2.75) is 0 Å². The van der Waals surface area contributed by atoms with Crippen LogP contribution in [0.4, 0.5) is 0 Å². The molecule has 0 amide bonds. The van der Waals surface area contributed by atoms with Crippen LogP contribution in [0.15, 0.2) is 42.5 Å². The number of phenolic OH excluding ortho intramolecular Hbond substituents is 1. The molecule has 0 radical (unpaired) electrons. The van der Waals surface area contributed by atoms with Crippen molar-refractivity contribution in [3.8, 4) is 17.6 Å². The van der Waals surface area contributed by atoms with E-state index in [2.05, 4.69) is 16.0 Å². The largest absolute Gasteiger partial charge is 0.504 e. The number of imidazole rings is 1. The highest BCUT2D eigenvalue weighted by molar-refractivity contribution is 5.91. The Hall–Kier alpha value is -3.26. The molecular formula is C17H13N3O2. The number of allylic oxidation sites excluding steroid dienone is 1. The second-order valence-electron chi connectivity index (χ2n) is 4.67. The van der Waals surface area contributed by atoms with Gasteiger partial charge >= 0.3 is 0 Å². The SMILES string of the molecule is COc1cccc(/C=C(/C#N)c2nc3ccccc3[nH]2)c1O. The molecule has 0 atom stereocenters. The normalized spacial score (nSPS) is 11.4. The molecule has 5 heteroatoms. The predicted octanol–water partition coefficient (Wildman–Crippen LogP) is 3.34. The van der Waals surface area contributed by atoms with E-state index in [0.717, 1.165) is 11.0 Å². The highest BCUT2D eigenvalue weighted by Gasteiger charge is 2.10. The van der Waals surface area contributed by atoms with Gasteiger partial charge in [0.1, 0.15) is 11.9 Å². The van der Waals surface area contributed by atoms with E-state index in [9.17, 15) is 10.4 Å². The van der Waals surface area contributed by atoms with Gasteiger partial charge in [0.05, 0.1) is 23.7 Å². The van der Waals surface area contributed by atoms with Crippen molar-refractivity contribution < 1.29 is 9.84 Å². The zero-order valence-corrected chi connectivity index (χ0v) is 11.9. The third-order valence-corrected chi connectivity index (χ3v) is 3.31. The van der Waals surface area contributed by atoms with E-state index in [0.29, 0.717) is 22.7 Å². The second-order valence-corrected chi connectivity index (χ2v) is 4.67. The van der Waals surface area contributed by atoms with Crippen LogP contribution in [0.3, 0.4) is 0 Å². The van der Waals surface area contributed by atoms with Crippen LogP contribution in [0.2, 0.25) is 0 Å². The highest BCUT2D eigenvalue weighted by atomic mass is 16.5. The van der Waals surface area contributed by atoms with E-state index < -0.39 is 0 Å². The Bertz CT molecular complexity index is 871. The minimum Gasteiger partial charge on any atom is -0.504 e. The van der Waals surface area contributed by atoms with Crippen LogP contribution >= 0.6 is 0 Å². The summed E-state index contributed by atoms with van der Waals surface area (Å²) in [4.78, 5) is 7.49. The Morgan fingerprint density at radius 3 is 2.82 bits per heavy atom. The fourth-order valence-electron chi connectivity index (χ4n) is 2.21. The van der Waals surface area contributed by atoms with Gasteiger partial charge in [0.2, 0.25) is 0 Å². The predicted molar refractivity (Wildman–Crippen MR) is 84.2 cm³/mol. The van der Waals surface area contributed by atoms with Crippen molar-refractivity contribution in [3.63, 3.8) is 0 Å². The molecule has 0 saturated heterocycles. The summed E-state index contributed by atoms with van der Waals surface area (Å²) in [6, 6.07) is 14.8. The number of para-hydroxylation sites is 3. The fraction of sp³-hybridized carbons (Fsp3) is 0.0588. The number of aromatic hydroxyl groups is 1. The van der Waals surface area contributed by atoms with Crippen LogP contribution in [0.5, 0.6) is 11.5 Å². The number of phenols is 1. The standard InChI is InChI=1S/C17H13N3O2/c1-22-15-8-4-5-11(16(15)21)9-12(10-18)17-19-13-6-2-3-7-14(13)20-17/h2-9,21H,1H3,(H,19,20)/b12-9-. The number of hydrogen-bond donors (Lipinski definition) is 2. The van der Waals surface area contributed by atoms with Gasteiger partial charge in [-0.05, 0) is 24.3 Å². The summed E-state index contributed by atoms with van der Waals surface area (Å²) in [7, 11) is 1.48. The molecule has 0 spiro atoms. The quantitative estimate of drug-likeness (QED) is 0.725. The van der Waals surface area contributed by atoms with Crippen LogP contribution in [0.25, 0.3) is 22.7 Å². The van der Waals surface area contributed by atoms with Crippen LogP contribution < -0.4 is 4.74 Å². The maximum absolute atomic E-state index is 10.1. The van der Waals surface area contributed by atoms with E-state index in [1.807, 2.05) is 24.3 Å². The number of rotatable bonds is 3. The van der Waals surface area contributed by atoms with E-state index in [4.69, 9.17) is 4.74 Å². The van der Waals surface area contributed by atoms with Gasteiger partial charge in [-0.25, -0.2) is 4.98 Å². The monoisotopic (exact) mass is 291 g/mol. The maximum atomic E-state index is 10.1. The zero-order chi connectivity index (χ0) is 15.5. The lowest BCUT2D eigenvalue weighted by molar-refractivity contribution is 0.373. The molecule has 0 aliphatic carbocycles. The average molecular weight is 291 g/mol. The Labute approximate surface area is 127 Å². The van der Waals surface area contributed by atoms with E-state index >= 15 is 0 Å². The highest BCUT2D eigenvalue weighted by Crippen LogP contribution is 2.32. The molecule has 2 N–H and O–H groups in total. The van der Waals surface area contributed by atoms with Crippen molar-refractivity contribution in [1.82, 2.24) is 9.97 Å². The van der Waals surface area contributed by atoms with E-state index in [-0.39, 0.29) is 5.75 Å². The Kier molecular flexibility index (Phi) is 3.50. The first-order valence-corrected chi connectivity index (χ1v) is 6.66. The van der Waals surface area contributed by atoms with E-state index in [1.54, 1.807) is 24.3 Å². The van der Waals surface area contributed by atoms with Crippen molar-refractivity contribution in [3.05, 3.63) is 53.9 Å². The number of aromatic nitrogens is 2. The summed E-state index contributed by atoms with van der Waals surface area (Å²) < 4.78 is 5.07. The van der Waals surface area contributed by atoms with Gasteiger partial charge in [-0.2, -0.15) is 5.26 Å². The molecule has 0 aliphatic heterocycles. The minimum atomic E-state index is -0.00568. The van der Waals surface area contributed by atoms with Gasteiger partial charge in [0, 0.05) is 5.56 Å². The smallest absolute Gasteiger partial charge is 0.165 e. The zero-order valence-electron chi connectivity index (χ0n) is 11.9. The number of nitrogens with zero attached hydrogens (tertiary/aromatic N) is 2. The van der Waals surface area contributed by atoms with Crippen LogP contribution in [-0.2, 0) is 0 Å². The number of benzene rings is 2. The maximum Gasteiger partial charge on any atom is 0.165 e. The van der Waals surface area contributed by atoms with Crippen molar-refractivity contribution >= 4 is 22.7 Å². The second kappa shape index (κ2) is 5.62. The summed E-state index contributed by atoms with van der Waals surface area (Å²) in [6.07, 6.45) is 1.58. The first-order valence-electron chi connectivity index (χ1n) is 6.66. The number of ether oxygens (including phenoxy) is 1. The van der Waals surface area contributed by atoms with Crippen molar-refractivity contribution in [1.29, 1.82) is 5.26 Å². The van der Waals surface area contributed by atoms with Gasteiger partial charge in [-0.1, -0.05) is 24.3 Å². The summed E-state index contributed by atoms with van der Waals surface area (Å²) >= 11 is 0. The molecule has 3 aromatic rings. The van der Waals surface area contributed by atoms with Crippen LogP contribution in [0, 0.1) is 11.3 Å². The minimum absolute atomic E-state index is 0.00568. The Balaban J connectivity index is 2.09. The lowest BCUT2D eigenvalue weighted by Gasteiger charge is -2.05. The van der Waals surface area contributed by atoms with Crippen molar-refractivity contribution in [2.24, 2.45) is 0 Å². The molecule has 0 saturated carbocycles. The molecule has 2 aromatic carbocycles. The number of aromatic amines is 1. The third-order valence-electron chi connectivity index (χ3n) is 3.31. The summed E-state index contributed by atoms with van der Waals surface area (Å²) in [5.41, 5.74) is 2.47. The number of nitriles is 1. The lowest BCUT2D eigenvalue weighted by Crippen LogP contribution is -1.88. The lowest BCUT2D eigenvalue weighted by atomic mass is 10.1. The molecule has 0 aliphatic rings. The molecule has 0 bridgehead atoms. The van der Waals surface area contributed by atoms with Gasteiger partial charge < -0.3 is 14.8 Å². The van der Waals surface area contributed by atoms with Gasteiger partial charge in [-0.3, -0.25) is 0 Å². The molecule has 1 aromatic heterocycles. The number of hydrogen-bond acceptors (Lipinski definition) is 4. The van der Waals surface area contributed by atoms with Gasteiger partial charge in [-0.15, -0.1) is 0 Å². The third kappa shape index (κ3) is 2.38. The van der Waals surface area contributed by atoms with Gasteiger partial charge in [0.25, 0.3) is 0 Å². The van der Waals surface area contributed by atoms with E-state index in [1.165, 1.54) is 7.11 Å². The molecule has 108 valence electrons. The first kappa shape index (κ1) is 13.7. The van der Waals surface area contributed by atoms with Gasteiger partial charge in [0.15, 0.2) is 11.5 Å². The molecule has 1 heterocycles. The topological polar surface area (TPSA) is 81.9 Å². The fourth-order valence-corrected chi connectivity index (χ4v) is 2.21. The molecule has 22 heavy (non-hydrogen) atoms. The summed E-state index contributed by atoms with van der Waals surface area (Å²) in [6.45, 7) is 0. The molecule has 0 fully saturated rings. The average Bonchev–Trinajstić information content (AvgIpc) is 2.97. The summed E-state index contributed by atoms with van der Waals surface area (Å²) in [5, 5.41) is 19.5. The number of H-pyrrole nitrogens is 1. The molecule has 0 unspecified atom stereocenters.